The molecule has 1 heterocycles. The molecule has 0 radical (unpaired) electrons. The van der Waals surface area contributed by atoms with Gasteiger partial charge in [0.25, 0.3) is 0 Å². The zero-order valence-corrected chi connectivity index (χ0v) is 14.4. The monoisotopic (exact) mass is 299 g/mol. The first kappa shape index (κ1) is 17.0. The maximum Gasteiger partial charge on any atom is 0.124 e. The second kappa shape index (κ2) is 7.76. The van der Waals surface area contributed by atoms with E-state index in [1.807, 2.05) is 0 Å². The number of rotatable bonds is 5. The highest BCUT2D eigenvalue weighted by molar-refractivity contribution is 5.30. The summed E-state index contributed by atoms with van der Waals surface area (Å²) in [4.78, 5) is 4.89. The Morgan fingerprint density at radius 1 is 1.14 bits per heavy atom. The normalized spacial score (nSPS) is 21.7. The molecule has 0 saturated carbocycles. The Morgan fingerprint density at radius 3 is 2.27 bits per heavy atom. The Labute approximate surface area is 135 Å². The number of likely N-dealkylation sites (N-methyl/N-ethyl adjacent to an activating group) is 1. The van der Waals surface area contributed by atoms with Gasteiger partial charge in [0.15, 0.2) is 0 Å². The fraction of sp³-hybridized carbons (Fsp3) is 0.632. The standard InChI is InChI=1S/C19H29N3/c1-5-18-14-21(6-2)11-12-22(18)19(13-20)17-9-7-16(8-10-17)15(3)4/h7-10,15,18-19H,5-6,11-12,14H2,1-4H3. The molecule has 0 spiro atoms. The summed E-state index contributed by atoms with van der Waals surface area (Å²) in [5.74, 6) is 0.533. The lowest BCUT2D eigenvalue weighted by atomic mass is 9.97. The van der Waals surface area contributed by atoms with Crippen molar-refractivity contribution in [1.29, 1.82) is 5.26 Å². The van der Waals surface area contributed by atoms with E-state index in [1.165, 1.54) is 5.56 Å². The molecule has 1 aromatic rings. The first-order valence-corrected chi connectivity index (χ1v) is 8.58. The molecule has 0 aromatic heterocycles. The fourth-order valence-corrected chi connectivity index (χ4v) is 3.33. The molecule has 2 rings (SSSR count). The number of nitriles is 1. The van der Waals surface area contributed by atoms with E-state index < -0.39 is 0 Å². The minimum atomic E-state index is -0.120. The molecule has 120 valence electrons. The van der Waals surface area contributed by atoms with Gasteiger partial charge in [-0.3, -0.25) is 4.90 Å². The van der Waals surface area contributed by atoms with Crippen molar-refractivity contribution in [3.05, 3.63) is 35.4 Å². The minimum absolute atomic E-state index is 0.120. The van der Waals surface area contributed by atoms with Gasteiger partial charge in [-0.1, -0.05) is 52.0 Å². The van der Waals surface area contributed by atoms with Crippen LogP contribution < -0.4 is 0 Å². The van der Waals surface area contributed by atoms with Crippen molar-refractivity contribution >= 4 is 0 Å². The van der Waals surface area contributed by atoms with Gasteiger partial charge >= 0.3 is 0 Å². The Balaban J connectivity index is 2.18. The van der Waals surface area contributed by atoms with Crippen molar-refractivity contribution < 1.29 is 0 Å². The van der Waals surface area contributed by atoms with Crippen LogP contribution in [0.25, 0.3) is 0 Å². The molecule has 1 aliphatic heterocycles. The summed E-state index contributed by atoms with van der Waals surface area (Å²) in [6, 6.07) is 11.5. The number of hydrogen-bond acceptors (Lipinski definition) is 3. The van der Waals surface area contributed by atoms with Crippen LogP contribution in [-0.4, -0.2) is 42.0 Å². The summed E-state index contributed by atoms with van der Waals surface area (Å²) in [6.45, 7) is 13.1. The van der Waals surface area contributed by atoms with Gasteiger partial charge in [0, 0.05) is 25.7 Å². The highest BCUT2D eigenvalue weighted by atomic mass is 15.3. The quantitative estimate of drug-likeness (QED) is 0.828. The number of piperazine rings is 1. The van der Waals surface area contributed by atoms with Gasteiger partial charge in [0.2, 0.25) is 0 Å². The zero-order valence-electron chi connectivity index (χ0n) is 14.4. The van der Waals surface area contributed by atoms with Gasteiger partial charge in [0.1, 0.15) is 6.04 Å². The van der Waals surface area contributed by atoms with Crippen molar-refractivity contribution in [2.24, 2.45) is 0 Å². The molecular formula is C19H29N3. The van der Waals surface area contributed by atoms with E-state index in [-0.39, 0.29) is 6.04 Å². The molecule has 0 N–H and O–H groups in total. The molecule has 0 amide bonds. The van der Waals surface area contributed by atoms with Crippen LogP contribution in [0.3, 0.4) is 0 Å². The Morgan fingerprint density at radius 2 is 1.77 bits per heavy atom. The molecule has 2 atom stereocenters. The lowest BCUT2D eigenvalue weighted by Gasteiger charge is -2.43. The Kier molecular flexibility index (Phi) is 5.99. The molecule has 2 unspecified atom stereocenters. The van der Waals surface area contributed by atoms with Crippen LogP contribution in [0.5, 0.6) is 0 Å². The number of hydrogen-bond donors (Lipinski definition) is 0. The van der Waals surface area contributed by atoms with Crippen LogP contribution in [0.1, 0.15) is 57.2 Å². The predicted octanol–water partition coefficient (Wildman–Crippen LogP) is 3.79. The van der Waals surface area contributed by atoms with Crippen LogP contribution in [0.4, 0.5) is 0 Å². The zero-order chi connectivity index (χ0) is 16.1. The van der Waals surface area contributed by atoms with E-state index in [1.54, 1.807) is 0 Å². The van der Waals surface area contributed by atoms with Gasteiger partial charge in [-0.25, -0.2) is 0 Å². The number of benzene rings is 1. The van der Waals surface area contributed by atoms with E-state index in [4.69, 9.17) is 0 Å². The summed E-state index contributed by atoms with van der Waals surface area (Å²) in [5, 5.41) is 9.74. The summed E-state index contributed by atoms with van der Waals surface area (Å²) in [6.07, 6.45) is 1.10. The van der Waals surface area contributed by atoms with Crippen LogP contribution in [0.2, 0.25) is 0 Å². The van der Waals surface area contributed by atoms with Gasteiger partial charge in [-0.2, -0.15) is 5.26 Å². The van der Waals surface area contributed by atoms with Crippen molar-refractivity contribution in [3.8, 4) is 6.07 Å². The van der Waals surface area contributed by atoms with E-state index in [0.717, 1.165) is 38.2 Å². The highest BCUT2D eigenvalue weighted by Crippen LogP contribution is 2.27. The van der Waals surface area contributed by atoms with Crippen LogP contribution >= 0.6 is 0 Å². The lowest BCUT2D eigenvalue weighted by Crippen LogP contribution is -2.53. The highest BCUT2D eigenvalue weighted by Gasteiger charge is 2.31. The third kappa shape index (κ3) is 3.69. The molecule has 0 bridgehead atoms. The van der Waals surface area contributed by atoms with E-state index in [9.17, 15) is 5.26 Å². The molecular weight excluding hydrogens is 270 g/mol. The second-order valence-electron chi connectivity index (χ2n) is 6.55. The third-order valence-corrected chi connectivity index (χ3v) is 4.90. The van der Waals surface area contributed by atoms with Crippen LogP contribution in [0.15, 0.2) is 24.3 Å². The largest absolute Gasteiger partial charge is 0.301 e. The van der Waals surface area contributed by atoms with Gasteiger partial charge in [-0.15, -0.1) is 0 Å². The van der Waals surface area contributed by atoms with Crippen molar-refractivity contribution in [2.45, 2.75) is 52.1 Å². The molecule has 22 heavy (non-hydrogen) atoms. The topological polar surface area (TPSA) is 30.3 Å². The van der Waals surface area contributed by atoms with E-state index in [0.29, 0.717) is 12.0 Å². The first-order chi connectivity index (χ1) is 10.6. The maximum atomic E-state index is 9.74. The Hall–Kier alpha value is -1.37. The second-order valence-corrected chi connectivity index (χ2v) is 6.55. The first-order valence-electron chi connectivity index (χ1n) is 8.58. The summed E-state index contributed by atoms with van der Waals surface area (Å²) < 4.78 is 0. The maximum absolute atomic E-state index is 9.74. The SMILES string of the molecule is CCC1CN(CC)CCN1C(C#N)c1ccc(C(C)C)cc1. The Bertz CT molecular complexity index is 500. The summed E-state index contributed by atoms with van der Waals surface area (Å²) >= 11 is 0. The molecule has 1 fully saturated rings. The average Bonchev–Trinajstić information content (AvgIpc) is 2.56. The van der Waals surface area contributed by atoms with Gasteiger partial charge in [0.05, 0.1) is 6.07 Å². The van der Waals surface area contributed by atoms with Crippen molar-refractivity contribution in [2.75, 3.05) is 26.2 Å². The van der Waals surface area contributed by atoms with Crippen molar-refractivity contribution in [1.82, 2.24) is 9.80 Å². The lowest BCUT2D eigenvalue weighted by molar-refractivity contribution is 0.0569. The third-order valence-electron chi connectivity index (χ3n) is 4.90. The van der Waals surface area contributed by atoms with Crippen molar-refractivity contribution in [3.63, 3.8) is 0 Å². The van der Waals surface area contributed by atoms with Gasteiger partial charge in [-0.05, 0) is 30.0 Å². The molecule has 1 aromatic carbocycles. The predicted molar refractivity (Wildman–Crippen MR) is 91.8 cm³/mol. The smallest absolute Gasteiger partial charge is 0.124 e. The molecule has 1 saturated heterocycles. The minimum Gasteiger partial charge on any atom is -0.301 e. The average molecular weight is 299 g/mol. The molecule has 3 nitrogen and oxygen atoms in total. The van der Waals surface area contributed by atoms with E-state index >= 15 is 0 Å². The van der Waals surface area contributed by atoms with Gasteiger partial charge < -0.3 is 4.90 Å². The van der Waals surface area contributed by atoms with Crippen LogP contribution in [0, 0.1) is 11.3 Å². The summed E-state index contributed by atoms with van der Waals surface area (Å²) in [7, 11) is 0. The molecule has 0 aliphatic carbocycles. The molecule has 1 aliphatic rings. The fourth-order valence-electron chi connectivity index (χ4n) is 3.33. The van der Waals surface area contributed by atoms with E-state index in [2.05, 4.69) is 67.8 Å². The number of nitrogens with zero attached hydrogens (tertiary/aromatic N) is 3. The van der Waals surface area contributed by atoms with Crippen LogP contribution in [-0.2, 0) is 0 Å². The molecule has 3 heteroatoms. The summed E-state index contributed by atoms with van der Waals surface area (Å²) in [5.41, 5.74) is 2.47.